The van der Waals surface area contributed by atoms with E-state index >= 15 is 0 Å². The lowest BCUT2D eigenvalue weighted by Gasteiger charge is -2.46. The highest BCUT2D eigenvalue weighted by Gasteiger charge is 2.51. The number of ether oxygens (including phenoxy) is 4. The van der Waals surface area contributed by atoms with Crippen LogP contribution in [0.3, 0.4) is 0 Å². The molecule has 0 aliphatic carbocycles. The van der Waals surface area contributed by atoms with Crippen molar-refractivity contribution in [2.45, 2.75) is 370 Å². The SMILES string of the molecule is CC/C=C\C/C=C\C/C=C\C/C=C\C/C=C\C/C=C\C/C=C\C/C=C\C/C=C\C/C=C\CCCCCCCCCCCCC(=O)NC(COC1OC(CO)C(OC2OC(CO)C(O)C(O)C2O)C(O)C1O)C(O)CCCCCCCCCCCCCCCCCCCCCCC. The van der Waals surface area contributed by atoms with Crippen LogP contribution in [-0.2, 0) is 23.7 Å². The summed E-state index contributed by atoms with van der Waals surface area (Å²) < 4.78 is 22.9. The first-order valence-electron chi connectivity index (χ1n) is 38.8. The zero-order chi connectivity index (χ0) is 69.4. The molecule has 2 heterocycles. The molecule has 0 saturated carbocycles. The van der Waals surface area contributed by atoms with Gasteiger partial charge in [-0.3, -0.25) is 4.79 Å². The molecule has 0 spiro atoms. The number of unbranched alkanes of at least 4 members (excludes halogenated alkanes) is 30. The predicted molar refractivity (Wildman–Crippen MR) is 396 cm³/mol. The summed E-state index contributed by atoms with van der Waals surface area (Å²) in [5.74, 6) is -0.213. The Balaban J connectivity index is 1.61. The van der Waals surface area contributed by atoms with Crippen molar-refractivity contribution in [2.75, 3.05) is 19.8 Å². The van der Waals surface area contributed by atoms with Gasteiger partial charge < -0.3 is 65.1 Å². The fraction of sp³-hybridized carbons (Fsp3) is 0.744. The minimum atomic E-state index is -1.79. The smallest absolute Gasteiger partial charge is 0.220 e. The van der Waals surface area contributed by atoms with E-state index in [9.17, 15) is 45.6 Å². The predicted octanol–water partition coefficient (Wildman–Crippen LogP) is 17.2. The van der Waals surface area contributed by atoms with Crippen molar-refractivity contribution < 1.29 is 64.6 Å². The van der Waals surface area contributed by atoms with Crippen LogP contribution in [0.4, 0.5) is 0 Å². The lowest BCUT2D eigenvalue weighted by atomic mass is 9.97. The third kappa shape index (κ3) is 47.4. The first-order valence-corrected chi connectivity index (χ1v) is 38.8. The van der Waals surface area contributed by atoms with E-state index in [0.29, 0.717) is 19.3 Å². The highest BCUT2D eigenvalue weighted by Crippen LogP contribution is 2.30. The van der Waals surface area contributed by atoms with E-state index in [0.717, 1.165) is 116 Å². The Bertz CT molecular complexity index is 2080. The normalized spacial score (nSPS) is 22.9. The van der Waals surface area contributed by atoms with Gasteiger partial charge in [0.15, 0.2) is 12.6 Å². The van der Waals surface area contributed by atoms with Crippen molar-refractivity contribution in [1.29, 1.82) is 0 Å². The number of rotatable bonds is 63. The fourth-order valence-corrected chi connectivity index (χ4v) is 12.1. The Morgan fingerprint density at radius 1 is 0.385 bits per heavy atom. The number of carbonyl (C=O) groups is 1. The van der Waals surface area contributed by atoms with Crippen molar-refractivity contribution in [3.63, 3.8) is 0 Å². The van der Waals surface area contributed by atoms with Crippen molar-refractivity contribution in [3.05, 3.63) is 122 Å². The standard InChI is InChI=1S/C82H141NO13/c1-3-5-7-9-11-13-15-17-19-21-23-25-26-27-28-29-30-31-32-33-34-35-36-37-38-39-40-41-42-43-44-46-48-50-52-54-56-58-60-62-64-66-74(87)83-70(71(86)65-63-61-59-57-55-53-51-49-47-45-24-22-20-18-16-14-12-10-8-6-4-2)69-93-81-79(92)77(90)80(73(68-85)95-81)96-82-78(91)76(89)75(88)72(67-84)94-82/h5,7,11,13,17,19,23,25,27-28,30-31,33-34,36-37,39-40,42-43,70-73,75-82,84-86,88-92H,3-4,6,8-10,12,14-16,18,20-22,24,26,29,32,35,38,41,44-69H2,1-2H3,(H,83,87)/b7-5-,13-11-,19-17-,25-23-,28-27-,31-30-,34-33-,37-36-,40-39-,43-42-. The Kier molecular flexibility index (Phi) is 59.7. The molecular weight excluding hydrogens is 1210 g/mol. The fourth-order valence-electron chi connectivity index (χ4n) is 12.1. The van der Waals surface area contributed by atoms with E-state index in [1.807, 2.05) is 0 Å². The van der Waals surface area contributed by atoms with Gasteiger partial charge in [-0.15, -0.1) is 0 Å². The van der Waals surface area contributed by atoms with Gasteiger partial charge in [-0.1, -0.05) is 322 Å². The van der Waals surface area contributed by atoms with Crippen molar-refractivity contribution in [3.8, 4) is 0 Å². The highest BCUT2D eigenvalue weighted by molar-refractivity contribution is 5.76. The maximum Gasteiger partial charge on any atom is 0.220 e. The van der Waals surface area contributed by atoms with Gasteiger partial charge in [-0.25, -0.2) is 0 Å². The molecule has 96 heavy (non-hydrogen) atoms. The number of aliphatic hydroxyl groups is 8. The number of allylic oxidation sites excluding steroid dienone is 20. The Morgan fingerprint density at radius 2 is 0.719 bits per heavy atom. The summed E-state index contributed by atoms with van der Waals surface area (Å²) in [5.41, 5.74) is 0. The van der Waals surface area contributed by atoms with Crippen LogP contribution < -0.4 is 5.32 Å². The van der Waals surface area contributed by atoms with Crippen molar-refractivity contribution in [1.82, 2.24) is 5.32 Å². The molecule has 0 radical (unpaired) electrons. The quantitative estimate of drug-likeness (QED) is 0.0204. The van der Waals surface area contributed by atoms with Crippen molar-refractivity contribution >= 4 is 5.91 Å². The van der Waals surface area contributed by atoms with Crippen LogP contribution in [0.2, 0.25) is 0 Å². The topological polar surface area (TPSA) is 228 Å². The maximum atomic E-state index is 13.4. The second-order valence-electron chi connectivity index (χ2n) is 26.8. The largest absolute Gasteiger partial charge is 0.394 e. The average molecular weight is 1350 g/mol. The van der Waals surface area contributed by atoms with Crippen LogP contribution in [-0.4, -0.2) is 140 Å². The number of carbonyl (C=O) groups excluding carboxylic acids is 1. The summed E-state index contributed by atoms with van der Waals surface area (Å²) in [6, 6.07) is -0.840. The van der Waals surface area contributed by atoms with Crippen LogP contribution in [0.5, 0.6) is 0 Å². The summed E-state index contributed by atoms with van der Waals surface area (Å²) >= 11 is 0. The van der Waals surface area contributed by atoms with Crippen molar-refractivity contribution in [2.24, 2.45) is 0 Å². The van der Waals surface area contributed by atoms with Crippen LogP contribution in [0.25, 0.3) is 0 Å². The first-order chi connectivity index (χ1) is 47.1. The molecule has 552 valence electrons. The summed E-state index contributed by atoms with van der Waals surface area (Å²) in [5, 5.41) is 87.8. The Hall–Kier alpha value is -3.61. The number of nitrogens with one attached hydrogen (secondary N) is 1. The van der Waals surface area contributed by atoms with Crippen LogP contribution in [0.1, 0.15) is 296 Å². The van der Waals surface area contributed by atoms with E-state index in [-0.39, 0.29) is 12.5 Å². The second kappa shape index (κ2) is 64.7. The molecule has 2 fully saturated rings. The highest BCUT2D eigenvalue weighted by atomic mass is 16.7. The zero-order valence-electron chi connectivity index (χ0n) is 60.3. The van der Waals surface area contributed by atoms with E-state index in [1.54, 1.807) is 0 Å². The lowest BCUT2D eigenvalue weighted by Crippen LogP contribution is -2.65. The molecule has 2 rings (SSSR count). The number of amides is 1. The molecule has 2 aliphatic rings. The van der Waals surface area contributed by atoms with Gasteiger partial charge in [0.25, 0.3) is 0 Å². The molecule has 9 N–H and O–H groups in total. The monoisotopic (exact) mass is 1350 g/mol. The molecule has 12 atom stereocenters. The third-order valence-electron chi connectivity index (χ3n) is 18.2. The molecule has 1 amide bonds. The zero-order valence-corrected chi connectivity index (χ0v) is 60.3. The summed E-state index contributed by atoms with van der Waals surface area (Å²) in [6.45, 7) is 2.77. The van der Waals surface area contributed by atoms with Gasteiger partial charge in [0.1, 0.15) is 48.8 Å². The van der Waals surface area contributed by atoms with Gasteiger partial charge in [-0.2, -0.15) is 0 Å². The second-order valence-corrected chi connectivity index (χ2v) is 26.8. The molecule has 2 saturated heterocycles. The van der Waals surface area contributed by atoms with Gasteiger partial charge in [0, 0.05) is 6.42 Å². The van der Waals surface area contributed by atoms with Gasteiger partial charge >= 0.3 is 0 Å². The first kappa shape index (κ1) is 88.5. The van der Waals surface area contributed by atoms with Crippen LogP contribution in [0.15, 0.2) is 122 Å². The molecule has 14 heteroatoms. The van der Waals surface area contributed by atoms with E-state index < -0.39 is 86.8 Å². The molecular formula is C82H141NO13. The number of hydrogen-bond acceptors (Lipinski definition) is 13. The number of aliphatic hydroxyl groups excluding tert-OH is 8. The minimum Gasteiger partial charge on any atom is -0.394 e. The minimum absolute atomic E-state index is 0.213. The Labute approximate surface area is 584 Å². The van der Waals surface area contributed by atoms with Gasteiger partial charge in [0.05, 0.1) is 32.0 Å². The Morgan fingerprint density at radius 3 is 1.10 bits per heavy atom. The molecule has 12 unspecified atom stereocenters. The molecule has 0 bridgehead atoms. The summed E-state index contributed by atoms with van der Waals surface area (Å²) in [7, 11) is 0. The van der Waals surface area contributed by atoms with Crippen LogP contribution in [0, 0.1) is 0 Å². The van der Waals surface area contributed by atoms with E-state index in [1.165, 1.54) is 148 Å². The van der Waals surface area contributed by atoms with Gasteiger partial charge in [0.2, 0.25) is 5.91 Å². The molecule has 0 aromatic carbocycles. The van der Waals surface area contributed by atoms with Crippen LogP contribution >= 0.6 is 0 Å². The van der Waals surface area contributed by atoms with Gasteiger partial charge in [-0.05, 0) is 89.9 Å². The third-order valence-corrected chi connectivity index (χ3v) is 18.2. The summed E-state index contributed by atoms with van der Waals surface area (Å²) in [4.78, 5) is 13.4. The maximum absolute atomic E-state index is 13.4. The molecule has 0 aromatic rings. The average Bonchev–Trinajstić information content (AvgIpc) is 0.807. The van der Waals surface area contributed by atoms with E-state index in [2.05, 4.69) is 141 Å². The molecule has 2 aliphatic heterocycles. The molecule has 14 nitrogen and oxygen atoms in total. The summed E-state index contributed by atoms with van der Waals surface area (Å²) in [6.07, 6.45) is 77.9. The van der Waals surface area contributed by atoms with E-state index in [4.69, 9.17) is 18.9 Å². The number of hydrogen-bond donors (Lipinski definition) is 9. The lowest BCUT2D eigenvalue weighted by molar-refractivity contribution is -0.359. The molecule has 0 aromatic heterocycles.